The van der Waals surface area contributed by atoms with Crippen LogP contribution in [0.3, 0.4) is 0 Å². The highest BCUT2D eigenvalue weighted by Crippen LogP contribution is 2.29. The maximum Gasteiger partial charge on any atom is 0.246 e. The van der Waals surface area contributed by atoms with Crippen molar-refractivity contribution in [2.45, 2.75) is 4.90 Å². The molecule has 0 aliphatic rings. The number of rotatable bonds is 5. The number of methoxy groups -OCH3 is 1. The molecule has 0 heterocycles. The minimum atomic E-state index is -3.65. The number of ether oxygens (including phenoxy) is 1. The molecule has 0 atom stereocenters. The van der Waals surface area contributed by atoms with Crippen LogP contribution in [-0.2, 0) is 10.0 Å². The molecule has 0 radical (unpaired) electrons. The van der Waals surface area contributed by atoms with Crippen molar-refractivity contribution in [3.05, 3.63) is 22.7 Å². The second kappa shape index (κ2) is 5.81. The van der Waals surface area contributed by atoms with Crippen LogP contribution in [-0.4, -0.2) is 45.1 Å². The molecule has 1 N–H and O–H groups in total. The van der Waals surface area contributed by atoms with Crippen molar-refractivity contribution in [1.29, 1.82) is 0 Å². The maximum atomic E-state index is 12.2. The summed E-state index contributed by atoms with van der Waals surface area (Å²) in [6.07, 6.45) is 0. The highest BCUT2D eigenvalue weighted by molar-refractivity contribution is 9.10. The van der Waals surface area contributed by atoms with E-state index in [4.69, 9.17) is 9.84 Å². The molecule has 0 fully saturated rings. The molecule has 1 aromatic rings. The summed E-state index contributed by atoms with van der Waals surface area (Å²) in [5.74, 6) is 0.276. The van der Waals surface area contributed by atoms with Crippen LogP contribution in [0.4, 0.5) is 0 Å². The van der Waals surface area contributed by atoms with Crippen LogP contribution in [0.1, 0.15) is 0 Å². The molecule has 1 rings (SSSR count). The third kappa shape index (κ3) is 3.19. The summed E-state index contributed by atoms with van der Waals surface area (Å²) < 4.78 is 31.1. The third-order valence-electron chi connectivity index (χ3n) is 2.23. The Labute approximate surface area is 109 Å². The van der Waals surface area contributed by atoms with Crippen molar-refractivity contribution in [2.75, 3.05) is 27.3 Å². The summed E-state index contributed by atoms with van der Waals surface area (Å²) in [7, 11) is -0.828. The molecule has 96 valence electrons. The zero-order valence-corrected chi connectivity index (χ0v) is 12.0. The fourth-order valence-corrected chi connectivity index (χ4v) is 3.13. The van der Waals surface area contributed by atoms with E-state index in [2.05, 4.69) is 15.9 Å². The number of aliphatic hydroxyl groups is 1. The normalized spacial score (nSPS) is 11.8. The first-order valence-electron chi connectivity index (χ1n) is 4.84. The van der Waals surface area contributed by atoms with Crippen molar-refractivity contribution in [1.82, 2.24) is 4.31 Å². The quantitative estimate of drug-likeness (QED) is 0.880. The van der Waals surface area contributed by atoms with Crippen molar-refractivity contribution >= 4 is 26.0 Å². The van der Waals surface area contributed by atoms with Crippen LogP contribution in [0, 0.1) is 0 Å². The SMILES string of the molecule is COc1ccc(Br)cc1S(=O)(=O)N(C)CCO. The minimum absolute atomic E-state index is 0.0397. The minimum Gasteiger partial charge on any atom is -0.495 e. The van der Waals surface area contributed by atoms with Crippen LogP contribution >= 0.6 is 15.9 Å². The van der Waals surface area contributed by atoms with Gasteiger partial charge in [0, 0.05) is 18.1 Å². The Morgan fingerprint density at radius 1 is 1.47 bits per heavy atom. The van der Waals surface area contributed by atoms with Gasteiger partial charge in [0.25, 0.3) is 0 Å². The Hall–Kier alpha value is -0.630. The van der Waals surface area contributed by atoms with E-state index in [1.165, 1.54) is 20.2 Å². The van der Waals surface area contributed by atoms with Gasteiger partial charge in [-0.15, -0.1) is 0 Å². The predicted octanol–water partition coefficient (Wildman–Crippen LogP) is 1.07. The molecule has 0 aromatic heterocycles. The van der Waals surface area contributed by atoms with Crippen LogP contribution in [0.5, 0.6) is 5.75 Å². The van der Waals surface area contributed by atoms with E-state index in [1.807, 2.05) is 0 Å². The molecular formula is C10H14BrNO4S. The average molecular weight is 324 g/mol. The topological polar surface area (TPSA) is 66.8 Å². The highest BCUT2D eigenvalue weighted by atomic mass is 79.9. The van der Waals surface area contributed by atoms with Crippen molar-refractivity contribution in [2.24, 2.45) is 0 Å². The second-order valence-electron chi connectivity index (χ2n) is 3.35. The number of likely N-dealkylation sites (N-methyl/N-ethyl adjacent to an activating group) is 1. The van der Waals surface area contributed by atoms with E-state index in [0.717, 1.165) is 4.31 Å². The second-order valence-corrected chi connectivity index (χ2v) is 6.27. The molecular weight excluding hydrogens is 310 g/mol. The predicted molar refractivity (Wildman–Crippen MR) is 67.6 cm³/mol. The standard InChI is InChI=1S/C10H14BrNO4S/c1-12(5-6-13)17(14,15)10-7-8(11)3-4-9(10)16-2/h3-4,7,13H,5-6H2,1-2H3. The monoisotopic (exact) mass is 323 g/mol. The smallest absolute Gasteiger partial charge is 0.246 e. The Kier molecular flexibility index (Phi) is 4.93. The molecule has 0 saturated heterocycles. The first kappa shape index (κ1) is 14.4. The molecule has 1 aromatic carbocycles. The summed E-state index contributed by atoms with van der Waals surface area (Å²) in [5.41, 5.74) is 0. The van der Waals surface area contributed by atoms with Crippen LogP contribution in [0.2, 0.25) is 0 Å². The van der Waals surface area contributed by atoms with E-state index < -0.39 is 10.0 Å². The van der Waals surface area contributed by atoms with Gasteiger partial charge in [0.1, 0.15) is 10.6 Å². The summed E-state index contributed by atoms with van der Waals surface area (Å²) >= 11 is 3.22. The maximum absolute atomic E-state index is 12.2. The molecule has 17 heavy (non-hydrogen) atoms. The van der Waals surface area contributed by atoms with Crippen molar-refractivity contribution in [3.63, 3.8) is 0 Å². The fraction of sp³-hybridized carbons (Fsp3) is 0.400. The molecule has 5 nitrogen and oxygen atoms in total. The zero-order chi connectivity index (χ0) is 13.1. The number of sulfonamides is 1. The summed E-state index contributed by atoms with van der Waals surface area (Å²) in [6, 6.07) is 4.75. The van der Waals surface area contributed by atoms with Gasteiger partial charge in [-0.2, -0.15) is 4.31 Å². The Bertz CT molecular complexity index is 489. The fourth-order valence-electron chi connectivity index (χ4n) is 1.28. The van der Waals surface area contributed by atoms with Crippen LogP contribution in [0.15, 0.2) is 27.6 Å². The van der Waals surface area contributed by atoms with Crippen LogP contribution < -0.4 is 4.74 Å². The van der Waals surface area contributed by atoms with E-state index in [9.17, 15) is 8.42 Å². The zero-order valence-electron chi connectivity index (χ0n) is 9.55. The van der Waals surface area contributed by atoms with Gasteiger partial charge in [0.15, 0.2) is 0 Å². The first-order valence-corrected chi connectivity index (χ1v) is 7.07. The van der Waals surface area contributed by atoms with E-state index in [0.29, 0.717) is 4.47 Å². The number of aliphatic hydroxyl groups excluding tert-OH is 1. The van der Waals surface area contributed by atoms with Gasteiger partial charge < -0.3 is 9.84 Å². The molecule has 0 spiro atoms. The number of hydrogen-bond donors (Lipinski definition) is 1. The first-order chi connectivity index (χ1) is 7.93. The largest absolute Gasteiger partial charge is 0.495 e. The van der Waals surface area contributed by atoms with E-state index >= 15 is 0 Å². The lowest BCUT2D eigenvalue weighted by molar-refractivity contribution is 0.266. The molecule has 0 aliphatic heterocycles. The molecule has 0 amide bonds. The van der Waals surface area contributed by atoms with Gasteiger partial charge in [-0.25, -0.2) is 8.42 Å². The van der Waals surface area contributed by atoms with Crippen molar-refractivity contribution in [3.8, 4) is 5.75 Å². The van der Waals surface area contributed by atoms with E-state index in [-0.39, 0.29) is 23.8 Å². The van der Waals surface area contributed by atoms with Gasteiger partial charge in [0.05, 0.1) is 13.7 Å². The Balaban J connectivity index is 3.27. The average Bonchev–Trinajstić information content (AvgIpc) is 2.29. The van der Waals surface area contributed by atoms with E-state index in [1.54, 1.807) is 12.1 Å². The number of nitrogens with zero attached hydrogens (tertiary/aromatic N) is 1. The lowest BCUT2D eigenvalue weighted by Gasteiger charge is -2.17. The van der Waals surface area contributed by atoms with Crippen LogP contribution in [0.25, 0.3) is 0 Å². The molecule has 0 saturated carbocycles. The number of benzene rings is 1. The Morgan fingerprint density at radius 2 is 2.12 bits per heavy atom. The molecule has 7 heteroatoms. The summed E-state index contributed by atoms with van der Waals surface area (Å²) in [4.78, 5) is 0.0744. The summed E-state index contributed by atoms with van der Waals surface area (Å²) in [6.45, 7) is -0.190. The van der Waals surface area contributed by atoms with Gasteiger partial charge in [-0.1, -0.05) is 15.9 Å². The Morgan fingerprint density at radius 3 is 2.65 bits per heavy atom. The lowest BCUT2D eigenvalue weighted by Crippen LogP contribution is -2.29. The summed E-state index contributed by atoms with van der Waals surface area (Å²) in [5, 5.41) is 8.78. The van der Waals surface area contributed by atoms with Gasteiger partial charge in [-0.05, 0) is 18.2 Å². The number of hydrogen-bond acceptors (Lipinski definition) is 4. The number of halogens is 1. The third-order valence-corrected chi connectivity index (χ3v) is 4.60. The van der Waals surface area contributed by atoms with Gasteiger partial charge >= 0.3 is 0 Å². The van der Waals surface area contributed by atoms with Crippen molar-refractivity contribution < 1.29 is 18.3 Å². The molecule has 0 aliphatic carbocycles. The highest BCUT2D eigenvalue weighted by Gasteiger charge is 2.24. The lowest BCUT2D eigenvalue weighted by atomic mass is 10.3. The van der Waals surface area contributed by atoms with Gasteiger partial charge in [-0.3, -0.25) is 0 Å². The molecule has 0 bridgehead atoms. The molecule has 0 unspecified atom stereocenters. The van der Waals surface area contributed by atoms with Gasteiger partial charge in [0.2, 0.25) is 10.0 Å².